The molecule has 1 aromatic heterocycles. The van der Waals surface area contributed by atoms with E-state index in [1.807, 2.05) is 55.4 Å². The fraction of sp³-hybridized carbons (Fsp3) is 0.409. The summed E-state index contributed by atoms with van der Waals surface area (Å²) in [6, 6.07) is 12.8. The molecule has 2 amide bonds. The number of aromatic nitrogens is 1. The SMILES string of the molecule is CCO[C@@H](Cc1ccc(-c2cccc(N(C)C(=O)NCCN(C)C)n2)cc1)C(=O)O. The fourth-order valence-electron chi connectivity index (χ4n) is 2.82. The minimum atomic E-state index is -0.970. The molecule has 1 atom stereocenters. The summed E-state index contributed by atoms with van der Waals surface area (Å²) in [6.45, 7) is 3.43. The topological polar surface area (TPSA) is 95.0 Å². The number of rotatable bonds is 10. The Kier molecular flexibility index (Phi) is 8.76. The molecule has 0 saturated heterocycles. The van der Waals surface area contributed by atoms with Gasteiger partial charge < -0.3 is 20.1 Å². The normalized spacial score (nSPS) is 11.9. The second kappa shape index (κ2) is 11.3. The van der Waals surface area contributed by atoms with E-state index in [2.05, 4.69) is 10.3 Å². The molecule has 0 aliphatic heterocycles. The van der Waals surface area contributed by atoms with Gasteiger partial charge in [0, 0.05) is 38.7 Å². The summed E-state index contributed by atoms with van der Waals surface area (Å²) < 4.78 is 5.27. The molecule has 162 valence electrons. The predicted octanol–water partition coefficient (Wildman–Crippen LogP) is 2.49. The van der Waals surface area contributed by atoms with Gasteiger partial charge in [0.2, 0.25) is 0 Å². The number of aliphatic carboxylic acids is 1. The first-order valence-electron chi connectivity index (χ1n) is 9.89. The molecule has 8 heteroatoms. The molecular weight excluding hydrogens is 384 g/mol. The zero-order chi connectivity index (χ0) is 22.1. The number of urea groups is 1. The smallest absolute Gasteiger partial charge is 0.333 e. The number of hydrogen-bond acceptors (Lipinski definition) is 5. The third kappa shape index (κ3) is 6.82. The number of benzene rings is 1. The number of nitrogens with one attached hydrogen (secondary N) is 1. The zero-order valence-corrected chi connectivity index (χ0v) is 18.0. The fourth-order valence-corrected chi connectivity index (χ4v) is 2.82. The summed E-state index contributed by atoms with van der Waals surface area (Å²) in [7, 11) is 5.58. The molecule has 0 fully saturated rings. The van der Waals surface area contributed by atoms with Crippen molar-refractivity contribution < 1.29 is 19.4 Å². The van der Waals surface area contributed by atoms with Crippen LogP contribution in [-0.2, 0) is 16.0 Å². The molecule has 0 unspecified atom stereocenters. The molecule has 0 bridgehead atoms. The molecule has 8 nitrogen and oxygen atoms in total. The monoisotopic (exact) mass is 414 g/mol. The molecule has 0 aliphatic rings. The van der Waals surface area contributed by atoms with E-state index in [4.69, 9.17) is 4.74 Å². The summed E-state index contributed by atoms with van der Waals surface area (Å²) in [5.41, 5.74) is 2.48. The summed E-state index contributed by atoms with van der Waals surface area (Å²) in [5.74, 6) is -0.427. The van der Waals surface area contributed by atoms with Gasteiger partial charge in [0.05, 0.1) is 5.69 Å². The Hall–Kier alpha value is -2.97. The second-order valence-corrected chi connectivity index (χ2v) is 7.16. The van der Waals surface area contributed by atoms with Gasteiger partial charge in [-0.3, -0.25) is 4.90 Å². The van der Waals surface area contributed by atoms with Gasteiger partial charge in [-0.05, 0) is 38.7 Å². The van der Waals surface area contributed by atoms with E-state index in [1.165, 1.54) is 4.90 Å². The average Bonchev–Trinajstić information content (AvgIpc) is 2.73. The van der Waals surface area contributed by atoms with E-state index in [9.17, 15) is 14.7 Å². The lowest BCUT2D eigenvalue weighted by molar-refractivity contribution is -0.149. The lowest BCUT2D eigenvalue weighted by Gasteiger charge is -2.19. The van der Waals surface area contributed by atoms with E-state index in [1.54, 1.807) is 20.0 Å². The zero-order valence-electron chi connectivity index (χ0n) is 18.0. The molecule has 2 N–H and O–H groups in total. The molecule has 30 heavy (non-hydrogen) atoms. The van der Waals surface area contributed by atoms with Crippen LogP contribution in [-0.4, -0.2) is 73.9 Å². The van der Waals surface area contributed by atoms with Crippen molar-refractivity contribution in [1.82, 2.24) is 15.2 Å². The number of nitrogens with zero attached hydrogens (tertiary/aromatic N) is 3. The van der Waals surface area contributed by atoms with Gasteiger partial charge in [-0.2, -0.15) is 0 Å². The van der Waals surface area contributed by atoms with E-state index < -0.39 is 12.1 Å². The maximum Gasteiger partial charge on any atom is 0.333 e. The number of hydrogen-bond donors (Lipinski definition) is 2. The highest BCUT2D eigenvalue weighted by molar-refractivity contribution is 5.90. The minimum Gasteiger partial charge on any atom is -0.479 e. The molecule has 0 saturated carbocycles. The molecule has 2 rings (SSSR count). The first-order chi connectivity index (χ1) is 14.3. The Bertz CT molecular complexity index is 839. The van der Waals surface area contributed by atoms with Crippen molar-refractivity contribution in [2.24, 2.45) is 0 Å². The molecule has 0 radical (unpaired) electrons. The number of amides is 2. The first kappa shape index (κ1) is 23.3. The van der Waals surface area contributed by atoms with E-state index in [0.29, 0.717) is 25.4 Å². The standard InChI is InChI=1S/C22H30N4O4/c1-5-30-19(21(27)28)15-16-9-11-17(12-10-16)18-7-6-8-20(24-18)26(4)22(29)23-13-14-25(2)3/h6-12,19H,5,13-15H2,1-4H3,(H,23,29)(H,27,28)/t19-/m0/s1. The van der Waals surface area contributed by atoms with Crippen LogP contribution in [0.25, 0.3) is 11.3 Å². The molecule has 0 aliphatic carbocycles. The molecule has 2 aromatic rings. The molecule has 1 heterocycles. The van der Waals surface area contributed by atoms with Crippen LogP contribution in [0.3, 0.4) is 0 Å². The molecule has 1 aromatic carbocycles. The number of carbonyl (C=O) groups is 2. The highest BCUT2D eigenvalue weighted by Crippen LogP contribution is 2.21. The quantitative estimate of drug-likeness (QED) is 0.620. The van der Waals surface area contributed by atoms with Crippen LogP contribution in [0.4, 0.5) is 10.6 Å². The number of carboxylic acids is 1. The Balaban J connectivity index is 2.08. The van der Waals surface area contributed by atoms with Crippen LogP contribution in [0.1, 0.15) is 12.5 Å². The van der Waals surface area contributed by atoms with Crippen molar-refractivity contribution in [2.75, 3.05) is 45.7 Å². The van der Waals surface area contributed by atoms with Gasteiger partial charge in [0.15, 0.2) is 6.10 Å². The lowest BCUT2D eigenvalue weighted by Crippen LogP contribution is -2.40. The van der Waals surface area contributed by atoms with Crippen molar-refractivity contribution in [2.45, 2.75) is 19.4 Å². The predicted molar refractivity (Wildman–Crippen MR) is 117 cm³/mol. The Morgan fingerprint density at radius 2 is 1.83 bits per heavy atom. The van der Waals surface area contributed by atoms with Crippen molar-refractivity contribution in [1.29, 1.82) is 0 Å². The van der Waals surface area contributed by atoms with E-state index in [0.717, 1.165) is 23.4 Å². The van der Waals surface area contributed by atoms with Gasteiger partial charge >= 0.3 is 12.0 Å². The lowest BCUT2D eigenvalue weighted by atomic mass is 10.0. The van der Waals surface area contributed by atoms with Crippen molar-refractivity contribution in [3.05, 3.63) is 48.0 Å². The van der Waals surface area contributed by atoms with E-state index in [-0.39, 0.29) is 6.03 Å². The first-order valence-corrected chi connectivity index (χ1v) is 9.89. The third-order valence-corrected chi connectivity index (χ3v) is 4.53. The maximum atomic E-state index is 12.3. The van der Waals surface area contributed by atoms with Crippen molar-refractivity contribution in [3.63, 3.8) is 0 Å². The Labute approximate surface area is 177 Å². The Morgan fingerprint density at radius 3 is 2.43 bits per heavy atom. The van der Waals surface area contributed by atoms with Crippen LogP contribution in [0.2, 0.25) is 0 Å². The number of carboxylic acid groups (broad SMARTS) is 1. The van der Waals surface area contributed by atoms with Gasteiger partial charge in [-0.1, -0.05) is 30.3 Å². The van der Waals surface area contributed by atoms with E-state index >= 15 is 0 Å². The van der Waals surface area contributed by atoms with Crippen LogP contribution >= 0.6 is 0 Å². The highest BCUT2D eigenvalue weighted by atomic mass is 16.5. The van der Waals surface area contributed by atoms with Crippen LogP contribution < -0.4 is 10.2 Å². The number of pyridine rings is 1. The summed E-state index contributed by atoms with van der Waals surface area (Å²) in [4.78, 5) is 31.7. The number of ether oxygens (including phenoxy) is 1. The van der Waals surface area contributed by atoms with Gasteiger partial charge in [-0.15, -0.1) is 0 Å². The number of likely N-dealkylation sites (N-methyl/N-ethyl adjacent to an activating group) is 1. The summed E-state index contributed by atoms with van der Waals surface area (Å²) in [6.07, 6.45) is -0.561. The number of anilines is 1. The van der Waals surface area contributed by atoms with Crippen molar-refractivity contribution in [3.8, 4) is 11.3 Å². The van der Waals surface area contributed by atoms with Crippen molar-refractivity contribution >= 4 is 17.8 Å². The van der Waals surface area contributed by atoms with Gasteiger partial charge in [0.25, 0.3) is 0 Å². The largest absolute Gasteiger partial charge is 0.479 e. The molecule has 0 spiro atoms. The van der Waals surface area contributed by atoms with Gasteiger partial charge in [-0.25, -0.2) is 14.6 Å². The number of carbonyl (C=O) groups excluding carboxylic acids is 1. The minimum absolute atomic E-state index is 0.215. The summed E-state index contributed by atoms with van der Waals surface area (Å²) >= 11 is 0. The summed E-state index contributed by atoms with van der Waals surface area (Å²) in [5, 5.41) is 12.1. The molecular formula is C22H30N4O4. The second-order valence-electron chi connectivity index (χ2n) is 7.16. The van der Waals surface area contributed by atoms with Crippen LogP contribution in [0.15, 0.2) is 42.5 Å². The maximum absolute atomic E-state index is 12.3. The van der Waals surface area contributed by atoms with Crippen LogP contribution in [0, 0.1) is 0 Å². The Morgan fingerprint density at radius 1 is 1.13 bits per heavy atom. The average molecular weight is 415 g/mol. The van der Waals surface area contributed by atoms with Gasteiger partial charge in [0.1, 0.15) is 5.82 Å². The highest BCUT2D eigenvalue weighted by Gasteiger charge is 2.18. The third-order valence-electron chi connectivity index (χ3n) is 4.53. The van der Waals surface area contributed by atoms with Crippen LogP contribution in [0.5, 0.6) is 0 Å².